The van der Waals surface area contributed by atoms with E-state index in [1.54, 1.807) is 21.3 Å². The number of nitrogens with one attached hydrogen (secondary N) is 2. The third kappa shape index (κ3) is 6.48. The first-order chi connectivity index (χ1) is 14.2. The van der Waals surface area contributed by atoms with Gasteiger partial charge >= 0.3 is 0 Å². The van der Waals surface area contributed by atoms with Crippen molar-refractivity contribution < 1.29 is 9.47 Å². The van der Waals surface area contributed by atoms with Gasteiger partial charge in [0.1, 0.15) is 11.6 Å². The van der Waals surface area contributed by atoms with Crippen LogP contribution in [0.4, 0.5) is 0 Å². The number of methoxy groups -OCH3 is 2. The van der Waals surface area contributed by atoms with E-state index in [9.17, 15) is 0 Å². The van der Waals surface area contributed by atoms with Crippen molar-refractivity contribution >= 4 is 29.9 Å². The van der Waals surface area contributed by atoms with Crippen LogP contribution in [-0.2, 0) is 25.9 Å². The first kappa shape index (κ1) is 24.2. The van der Waals surface area contributed by atoms with Crippen molar-refractivity contribution in [1.82, 2.24) is 25.4 Å². The highest BCUT2D eigenvalue weighted by atomic mass is 127. The normalized spacial score (nSPS) is 13.6. The van der Waals surface area contributed by atoms with Gasteiger partial charge in [0.25, 0.3) is 0 Å². The van der Waals surface area contributed by atoms with Crippen LogP contribution in [0.2, 0.25) is 0 Å². The minimum atomic E-state index is 0. The van der Waals surface area contributed by atoms with Crippen molar-refractivity contribution in [3.05, 3.63) is 35.4 Å². The fraction of sp³-hybridized carbons (Fsp3) is 0.571. The number of fused-ring (bicyclic) bond motifs is 1. The number of aliphatic imine (C=N–C) groups is 1. The van der Waals surface area contributed by atoms with Crippen molar-refractivity contribution in [1.29, 1.82) is 0 Å². The summed E-state index contributed by atoms with van der Waals surface area (Å²) in [6, 6.07) is 5.89. The van der Waals surface area contributed by atoms with Crippen LogP contribution in [0.5, 0.6) is 11.5 Å². The summed E-state index contributed by atoms with van der Waals surface area (Å²) in [5.74, 6) is 4.49. The van der Waals surface area contributed by atoms with Crippen molar-refractivity contribution in [3.63, 3.8) is 0 Å². The summed E-state index contributed by atoms with van der Waals surface area (Å²) in [5.41, 5.74) is 1.09. The molecule has 2 heterocycles. The number of halogens is 1. The third-order valence-corrected chi connectivity index (χ3v) is 5.19. The monoisotopic (exact) mass is 528 g/mol. The maximum Gasteiger partial charge on any atom is 0.191 e. The zero-order valence-electron chi connectivity index (χ0n) is 18.1. The highest BCUT2D eigenvalue weighted by Gasteiger charge is 2.14. The van der Waals surface area contributed by atoms with E-state index >= 15 is 0 Å². The Morgan fingerprint density at radius 3 is 2.70 bits per heavy atom. The van der Waals surface area contributed by atoms with Crippen LogP contribution in [0.15, 0.2) is 23.2 Å². The molecule has 0 saturated heterocycles. The van der Waals surface area contributed by atoms with Gasteiger partial charge in [0.05, 0.1) is 14.2 Å². The van der Waals surface area contributed by atoms with E-state index in [1.165, 1.54) is 19.3 Å². The first-order valence-electron chi connectivity index (χ1n) is 10.3. The average molecular weight is 528 g/mol. The Balaban J connectivity index is 0.00000320. The number of hydrogen-bond acceptors (Lipinski definition) is 5. The number of rotatable bonds is 8. The van der Waals surface area contributed by atoms with Gasteiger partial charge in [0, 0.05) is 39.5 Å². The minimum absolute atomic E-state index is 0. The van der Waals surface area contributed by atoms with Crippen LogP contribution >= 0.6 is 24.0 Å². The molecule has 166 valence electrons. The lowest BCUT2D eigenvalue weighted by molar-refractivity contribution is 0.354. The number of aryl methyl sites for hydroxylation is 2. The number of nitrogens with zero attached hydrogens (tertiary/aromatic N) is 4. The summed E-state index contributed by atoms with van der Waals surface area (Å²) in [6.07, 6.45) is 6.69. The second-order valence-electron chi connectivity index (χ2n) is 7.14. The van der Waals surface area contributed by atoms with Crippen LogP contribution in [0, 0.1) is 0 Å². The van der Waals surface area contributed by atoms with Crippen molar-refractivity contribution in [3.8, 4) is 11.5 Å². The summed E-state index contributed by atoms with van der Waals surface area (Å²) in [5, 5.41) is 15.5. The molecule has 1 aromatic heterocycles. The molecule has 3 rings (SSSR count). The Hall–Kier alpha value is -2.04. The molecular weight excluding hydrogens is 495 g/mol. The summed E-state index contributed by atoms with van der Waals surface area (Å²) < 4.78 is 13.0. The average Bonchev–Trinajstić information content (AvgIpc) is 2.98. The molecule has 1 aromatic carbocycles. The Morgan fingerprint density at radius 2 is 1.93 bits per heavy atom. The largest absolute Gasteiger partial charge is 0.493 e. The van der Waals surface area contributed by atoms with E-state index < -0.39 is 0 Å². The maximum absolute atomic E-state index is 5.36. The molecule has 0 saturated carbocycles. The fourth-order valence-corrected chi connectivity index (χ4v) is 3.58. The van der Waals surface area contributed by atoms with Gasteiger partial charge < -0.3 is 24.7 Å². The van der Waals surface area contributed by atoms with Crippen LogP contribution in [-0.4, -0.2) is 48.5 Å². The molecule has 0 fully saturated rings. The SMILES string of the molecule is CN=C(NCCCc1nnc2n1CCCCC2)NCc1ccc(OC)c(OC)c1.I. The zero-order valence-corrected chi connectivity index (χ0v) is 20.4. The van der Waals surface area contributed by atoms with Gasteiger partial charge in [0.2, 0.25) is 0 Å². The predicted octanol–water partition coefficient (Wildman–Crippen LogP) is 2.94. The Bertz CT molecular complexity index is 824. The second-order valence-corrected chi connectivity index (χ2v) is 7.14. The molecule has 0 unspecified atom stereocenters. The van der Waals surface area contributed by atoms with Gasteiger partial charge in [-0.3, -0.25) is 4.99 Å². The van der Waals surface area contributed by atoms with E-state index in [0.717, 1.165) is 67.0 Å². The number of aromatic nitrogens is 3. The smallest absolute Gasteiger partial charge is 0.191 e. The van der Waals surface area contributed by atoms with Crippen molar-refractivity contribution in [2.24, 2.45) is 4.99 Å². The molecule has 0 radical (unpaired) electrons. The molecule has 1 aliphatic heterocycles. The summed E-state index contributed by atoms with van der Waals surface area (Å²) in [7, 11) is 5.06. The van der Waals surface area contributed by atoms with Gasteiger partial charge in [-0.15, -0.1) is 34.2 Å². The summed E-state index contributed by atoms with van der Waals surface area (Å²) >= 11 is 0. The Labute approximate surface area is 195 Å². The predicted molar refractivity (Wildman–Crippen MR) is 129 cm³/mol. The molecule has 2 aromatic rings. The molecule has 0 atom stereocenters. The molecule has 1 aliphatic rings. The molecule has 0 bridgehead atoms. The molecule has 0 amide bonds. The van der Waals surface area contributed by atoms with Crippen LogP contribution < -0.4 is 20.1 Å². The molecule has 2 N–H and O–H groups in total. The van der Waals surface area contributed by atoms with Gasteiger partial charge in [-0.1, -0.05) is 12.5 Å². The van der Waals surface area contributed by atoms with E-state index in [0.29, 0.717) is 6.54 Å². The third-order valence-electron chi connectivity index (χ3n) is 5.19. The summed E-state index contributed by atoms with van der Waals surface area (Å²) in [4.78, 5) is 4.30. The Kier molecular flexibility index (Phi) is 10.2. The first-order valence-corrected chi connectivity index (χ1v) is 10.3. The van der Waals surface area contributed by atoms with E-state index in [1.807, 2.05) is 18.2 Å². The van der Waals surface area contributed by atoms with Gasteiger partial charge in [-0.2, -0.15) is 0 Å². The van der Waals surface area contributed by atoms with Gasteiger partial charge in [-0.05, 0) is 37.0 Å². The topological polar surface area (TPSA) is 85.6 Å². The Morgan fingerprint density at radius 1 is 1.10 bits per heavy atom. The molecule has 0 spiro atoms. The van der Waals surface area contributed by atoms with Crippen LogP contribution in [0.3, 0.4) is 0 Å². The molecule has 30 heavy (non-hydrogen) atoms. The fourth-order valence-electron chi connectivity index (χ4n) is 3.58. The standard InChI is InChI=1S/C21H32N6O2.HI/c1-22-21(24-15-16-10-11-17(28-2)18(14-16)29-3)23-12-7-9-20-26-25-19-8-5-4-6-13-27(19)20;/h10-11,14H,4-9,12-13,15H2,1-3H3,(H2,22,23,24);1H. The lowest BCUT2D eigenvalue weighted by Gasteiger charge is -2.13. The van der Waals surface area contributed by atoms with Crippen LogP contribution in [0.25, 0.3) is 0 Å². The number of benzene rings is 1. The number of hydrogen-bond donors (Lipinski definition) is 2. The molecule has 8 nitrogen and oxygen atoms in total. The highest BCUT2D eigenvalue weighted by molar-refractivity contribution is 14.0. The summed E-state index contributed by atoms with van der Waals surface area (Å²) in [6.45, 7) is 2.53. The molecular formula is C21H33IN6O2. The number of guanidine groups is 1. The molecule has 0 aliphatic carbocycles. The number of ether oxygens (including phenoxy) is 2. The van der Waals surface area contributed by atoms with E-state index in [-0.39, 0.29) is 24.0 Å². The van der Waals surface area contributed by atoms with Crippen LogP contribution in [0.1, 0.15) is 42.9 Å². The van der Waals surface area contributed by atoms with Gasteiger partial charge in [0.15, 0.2) is 17.5 Å². The van der Waals surface area contributed by atoms with Crippen molar-refractivity contribution in [2.75, 3.05) is 27.8 Å². The quantitative estimate of drug-likeness (QED) is 0.237. The van der Waals surface area contributed by atoms with E-state index in [2.05, 4.69) is 30.4 Å². The highest BCUT2D eigenvalue weighted by Crippen LogP contribution is 2.27. The second kappa shape index (κ2) is 12.6. The van der Waals surface area contributed by atoms with Crippen molar-refractivity contribution in [2.45, 2.75) is 51.6 Å². The lowest BCUT2D eigenvalue weighted by atomic mass is 10.2. The lowest BCUT2D eigenvalue weighted by Crippen LogP contribution is -2.37. The zero-order chi connectivity index (χ0) is 20.5. The van der Waals surface area contributed by atoms with E-state index in [4.69, 9.17) is 9.47 Å². The molecule has 9 heteroatoms. The minimum Gasteiger partial charge on any atom is -0.493 e. The van der Waals surface area contributed by atoms with Gasteiger partial charge in [-0.25, -0.2) is 0 Å². The maximum atomic E-state index is 5.36.